The molecule has 2 rings (SSSR count). The van der Waals surface area contributed by atoms with Gasteiger partial charge in [-0.15, -0.1) is 0 Å². The molecule has 0 bridgehead atoms. The summed E-state index contributed by atoms with van der Waals surface area (Å²) >= 11 is 0. The molecule has 0 spiro atoms. The standard InChI is InChI=1S/C15H20N2O5/c1-2-22-10-11-6-7-16(9-11)15(19)14(18)12-4-3-5-13(8-12)17(20)21/h3-5,8,11,14,18H,2,6-7,9-10H2,1H3/t11-,14-/m1/s1. The van der Waals surface area contributed by atoms with Crippen LogP contribution in [0.1, 0.15) is 25.0 Å². The number of amides is 1. The Hall–Kier alpha value is -1.99. The van der Waals surface area contributed by atoms with Crippen LogP contribution in [0.5, 0.6) is 0 Å². The number of nitro benzene ring substituents is 1. The van der Waals surface area contributed by atoms with Gasteiger partial charge in [0.15, 0.2) is 6.10 Å². The molecule has 120 valence electrons. The fourth-order valence-corrected chi connectivity index (χ4v) is 2.58. The van der Waals surface area contributed by atoms with E-state index in [-0.39, 0.29) is 17.2 Å². The smallest absolute Gasteiger partial charge is 0.269 e. The molecular weight excluding hydrogens is 288 g/mol. The third-order valence-electron chi connectivity index (χ3n) is 3.79. The van der Waals surface area contributed by atoms with E-state index in [0.29, 0.717) is 26.3 Å². The molecule has 7 nitrogen and oxygen atoms in total. The molecular formula is C15H20N2O5. The van der Waals surface area contributed by atoms with E-state index in [1.807, 2.05) is 6.92 Å². The lowest BCUT2D eigenvalue weighted by molar-refractivity contribution is -0.385. The molecule has 0 saturated carbocycles. The minimum absolute atomic E-state index is 0.139. The van der Waals surface area contributed by atoms with Gasteiger partial charge < -0.3 is 14.7 Å². The van der Waals surface area contributed by atoms with Gasteiger partial charge in [0.1, 0.15) is 0 Å². The van der Waals surface area contributed by atoms with E-state index >= 15 is 0 Å². The van der Waals surface area contributed by atoms with Crippen LogP contribution in [0.25, 0.3) is 0 Å². The summed E-state index contributed by atoms with van der Waals surface area (Å²) in [6, 6.07) is 5.54. The Morgan fingerprint density at radius 1 is 1.59 bits per heavy atom. The lowest BCUT2D eigenvalue weighted by Gasteiger charge is -2.20. The molecule has 1 N–H and O–H groups in total. The molecule has 1 aromatic carbocycles. The summed E-state index contributed by atoms with van der Waals surface area (Å²) in [5.41, 5.74) is 0.104. The first-order valence-corrected chi connectivity index (χ1v) is 7.32. The highest BCUT2D eigenvalue weighted by molar-refractivity contribution is 5.82. The fraction of sp³-hybridized carbons (Fsp3) is 0.533. The molecule has 0 radical (unpaired) electrons. The maximum absolute atomic E-state index is 12.3. The predicted octanol–water partition coefficient (Wildman–Crippen LogP) is 1.51. The number of rotatable bonds is 6. The largest absolute Gasteiger partial charge is 0.381 e. The van der Waals surface area contributed by atoms with E-state index in [0.717, 1.165) is 6.42 Å². The molecule has 1 aromatic rings. The Kier molecular flexibility index (Phi) is 5.46. The Labute approximate surface area is 128 Å². The number of hydrogen-bond donors (Lipinski definition) is 1. The van der Waals surface area contributed by atoms with Crippen molar-refractivity contribution in [2.24, 2.45) is 5.92 Å². The van der Waals surface area contributed by atoms with Crippen LogP contribution in [-0.2, 0) is 9.53 Å². The fourth-order valence-electron chi connectivity index (χ4n) is 2.58. The molecule has 1 aliphatic heterocycles. The first kappa shape index (κ1) is 16.4. The van der Waals surface area contributed by atoms with Crippen LogP contribution < -0.4 is 0 Å². The van der Waals surface area contributed by atoms with E-state index < -0.39 is 16.9 Å². The SMILES string of the molecule is CCOC[C@@H]1CCN(C(=O)[C@H](O)c2cccc([N+](=O)[O-])c2)C1. The lowest BCUT2D eigenvalue weighted by Crippen LogP contribution is -2.33. The van der Waals surface area contributed by atoms with Gasteiger partial charge in [0.2, 0.25) is 0 Å². The summed E-state index contributed by atoms with van der Waals surface area (Å²) in [6.45, 7) is 4.28. The lowest BCUT2D eigenvalue weighted by atomic mass is 10.1. The molecule has 22 heavy (non-hydrogen) atoms. The normalized spacial score (nSPS) is 19.2. The summed E-state index contributed by atoms with van der Waals surface area (Å²) in [4.78, 5) is 24.1. The summed E-state index contributed by atoms with van der Waals surface area (Å²) in [5, 5.41) is 20.9. The number of hydrogen-bond acceptors (Lipinski definition) is 5. The van der Waals surface area contributed by atoms with E-state index in [1.165, 1.54) is 24.3 Å². The van der Waals surface area contributed by atoms with Gasteiger partial charge in [-0.2, -0.15) is 0 Å². The maximum Gasteiger partial charge on any atom is 0.269 e. The molecule has 2 atom stereocenters. The number of carbonyl (C=O) groups is 1. The number of nitrogens with zero attached hydrogens (tertiary/aromatic N) is 2. The molecule has 1 saturated heterocycles. The number of ether oxygens (including phenoxy) is 1. The van der Waals surface area contributed by atoms with Crippen molar-refractivity contribution in [1.29, 1.82) is 0 Å². The van der Waals surface area contributed by atoms with Crippen LogP contribution in [0.15, 0.2) is 24.3 Å². The zero-order valence-electron chi connectivity index (χ0n) is 12.5. The molecule has 7 heteroatoms. The summed E-state index contributed by atoms with van der Waals surface area (Å²) in [7, 11) is 0. The number of carbonyl (C=O) groups excluding carboxylic acids is 1. The second-order valence-electron chi connectivity index (χ2n) is 5.35. The van der Waals surface area contributed by atoms with E-state index in [2.05, 4.69) is 0 Å². The van der Waals surface area contributed by atoms with Gasteiger partial charge in [-0.25, -0.2) is 0 Å². The Morgan fingerprint density at radius 2 is 2.36 bits per heavy atom. The average molecular weight is 308 g/mol. The number of non-ortho nitro benzene ring substituents is 1. The van der Waals surface area contributed by atoms with Crippen molar-refractivity contribution in [2.75, 3.05) is 26.3 Å². The van der Waals surface area contributed by atoms with Crippen LogP contribution >= 0.6 is 0 Å². The molecule has 1 fully saturated rings. The van der Waals surface area contributed by atoms with Crippen molar-refractivity contribution < 1.29 is 19.6 Å². The second-order valence-corrected chi connectivity index (χ2v) is 5.35. The molecule has 1 heterocycles. The molecule has 1 amide bonds. The van der Waals surface area contributed by atoms with Crippen molar-refractivity contribution in [2.45, 2.75) is 19.4 Å². The number of likely N-dealkylation sites (tertiary alicyclic amines) is 1. The number of aliphatic hydroxyl groups is 1. The Bertz CT molecular complexity index is 548. The molecule has 0 aromatic heterocycles. The zero-order chi connectivity index (χ0) is 16.1. The minimum Gasteiger partial charge on any atom is -0.381 e. The van der Waals surface area contributed by atoms with E-state index in [1.54, 1.807) is 4.90 Å². The number of benzene rings is 1. The third-order valence-corrected chi connectivity index (χ3v) is 3.79. The Balaban J connectivity index is 2.00. The van der Waals surface area contributed by atoms with Crippen LogP contribution in [-0.4, -0.2) is 47.1 Å². The van der Waals surface area contributed by atoms with Crippen LogP contribution in [0, 0.1) is 16.0 Å². The van der Waals surface area contributed by atoms with Crippen molar-refractivity contribution in [1.82, 2.24) is 4.90 Å². The van der Waals surface area contributed by atoms with Gasteiger partial charge in [-0.1, -0.05) is 12.1 Å². The van der Waals surface area contributed by atoms with Crippen LogP contribution in [0.3, 0.4) is 0 Å². The topological polar surface area (TPSA) is 92.9 Å². The van der Waals surface area contributed by atoms with Gasteiger partial charge in [-0.3, -0.25) is 14.9 Å². The van der Waals surface area contributed by atoms with Crippen molar-refractivity contribution >= 4 is 11.6 Å². The van der Waals surface area contributed by atoms with E-state index in [4.69, 9.17) is 4.74 Å². The molecule has 0 unspecified atom stereocenters. The molecule has 1 aliphatic rings. The van der Waals surface area contributed by atoms with Gasteiger partial charge in [0.05, 0.1) is 11.5 Å². The predicted molar refractivity (Wildman–Crippen MR) is 79.2 cm³/mol. The second kappa shape index (κ2) is 7.33. The average Bonchev–Trinajstić information content (AvgIpc) is 3.00. The number of nitro groups is 1. The van der Waals surface area contributed by atoms with Gasteiger partial charge in [0.25, 0.3) is 11.6 Å². The van der Waals surface area contributed by atoms with Crippen molar-refractivity contribution in [3.63, 3.8) is 0 Å². The monoisotopic (exact) mass is 308 g/mol. The summed E-state index contributed by atoms with van der Waals surface area (Å²) in [5.74, 6) is -0.138. The molecule has 0 aliphatic carbocycles. The van der Waals surface area contributed by atoms with Crippen LogP contribution in [0.2, 0.25) is 0 Å². The van der Waals surface area contributed by atoms with E-state index in [9.17, 15) is 20.0 Å². The quantitative estimate of drug-likeness (QED) is 0.635. The van der Waals surface area contributed by atoms with Gasteiger partial charge >= 0.3 is 0 Å². The highest BCUT2D eigenvalue weighted by Gasteiger charge is 2.31. The highest BCUT2D eigenvalue weighted by Crippen LogP contribution is 2.24. The van der Waals surface area contributed by atoms with Gasteiger partial charge in [-0.05, 0) is 18.9 Å². The summed E-state index contributed by atoms with van der Waals surface area (Å²) < 4.78 is 5.36. The highest BCUT2D eigenvalue weighted by atomic mass is 16.6. The van der Waals surface area contributed by atoms with Gasteiger partial charge in [0, 0.05) is 37.7 Å². The van der Waals surface area contributed by atoms with Crippen molar-refractivity contribution in [3.8, 4) is 0 Å². The minimum atomic E-state index is -1.37. The maximum atomic E-state index is 12.3. The summed E-state index contributed by atoms with van der Waals surface area (Å²) in [6.07, 6.45) is -0.529. The van der Waals surface area contributed by atoms with Crippen molar-refractivity contribution in [3.05, 3.63) is 39.9 Å². The number of aliphatic hydroxyl groups excluding tert-OH is 1. The third kappa shape index (κ3) is 3.80. The zero-order valence-corrected chi connectivity index (χ0v) is 12.5. The Morgan fingerprint density at radius 3 is 3.05 bits per heavy atom. The first-order chi connectivity index (χ1) is 10.5. The van der Waals surface area contributed by atoms with Crippen LogP contribution in [0.4, 0.5) is 5.69 Å². The first-order valence-electron chi connectivity index (χ1n) is 7.32.